The summed E-state index contributed by atoms with van der Waals surface area (Å²) in [6, 6.07) is 15.8. The van der Waals surface area contributed by atoms with Crippen molar-refractivity contribution in [3.05, 3.63) is 93.3 Å². The van der Waals surface area contributed by atoms with Crippen molar-refractivity contribution >= 4 is 11.3 Å². The molecule has 0 aliphatic carbocycles. The highest BCUT2D eigenvalue weighted by atomic mass is 32.1. The monoisotopic (exact) mass is 488 g/mol. The summed E-state index contributed by atoms with van der Waals surface area (Å²) in [6.45, 7) is 3.75. The fourth-order valence-electron chi connectivity index (χ4n) is 3.94. The van der Waals surface area contributed by atoms with E-state index in [-0.39, 0.29) is 16.9 Å². The smallest absolute Gasteiger partial charge is 0.262 e. The van der Waals surface area contributed by atoms with Crippen LogP contribution < -0.4 is 5.56 Å². The molecule has 0 atom stereocenters. The number of benzene rings is 2. The second-order valence-electron chi connectivity index (χ2n) is 8.06. The van der Waals surface area contributed by atoms with Gasteiger partial charge in [0.05, 0.1) is 16.8 Å². The van der Waals surface area contributed by atoms with Crippen LogP contribution in [0.25, 0.3) is 33.2 Å². The molecule has 0 spiro atoms. The summed E-state index contributed by atoms with van der Waals surface area (Å²) in [5, 5.41) is 16.2. The number of thiophene rings is 1. The summed E-state index contributed by atoms with van der Waals surface area (Å²) in [7, 11) is 0. The molecular weight excluding hydrogens is 467 g/mol. The standard InChI is InChI=1S/C26H21FN4O3S/c1-15-22(21-13-18(14-35-21)24-29-16(2)34-30-24)26(33)31(12-11-17-7-4-3-5-8-17)25(28-15)19-9-6-10-20(27)23(19)32/h3-10,13-14,32H,11-12H2,1-2H3. The van der Waals surface area contributed by atoms with Crippen LogP contribution in [0.1, 0.15) is 17.1 Å². The molecule has 176 valence electrons. The average molecular weight is 489 g/mol. The number of rotatable bonds is 6. The van der Waals surface area contributed by atoms with E-state index in [9.17, 15) is 14.3 Å². The summed E-state index contributed by atoms with van der Waals surface area (Å²) >= 11 is 1.38. The Hall–Kier alpha value is -4.11. The normalized spacial score (nSPS) is 11.2. The molecule has 0 fully saturated rings. The lowest BCUT2D eigenvalue weighted by molar-refractivity contribution is 0.394. The molecule has 0 amide bonds. The Bertz CT molecular complexity index is 1570. The van der Waals surface area contributed by atoms with E-state index in [1.807, 2.05) is 41.8 Å². The Labute approximate surface area is 204 Å². The maximum atomic E-state index is 14.2. The summed E-state index contributed by atoms with van der Waals surface area (Å²) < 4.78 is 20.7. The molecular formula is C26H21FN4O3S. The fourth-order valence-corrected chi connectivity index (χ4v) is 4.92. The molecule has 7 nitrogen and oxygen atoms in total. The molecule has 35 heavy (non-hydrogen) atoms. The number of phenolic OH excluding ortho intramolecular Hbond substituents is 1. The number of para-hydroxylation sites is 1. The van der Waals surface area contributed by atoms with Gasteiger partial charge in [-0.25, -0.2) is 9.37 Å². The van der Waals surface area contributed by atoms with Gasteiger partial charge in [0.25, 0.3) is 5.56 Å². The molecule has 3 aromatic heterocycles. The van der Waals surface area contributed by atoms with E-state index in [2.05, 4.69) is 15.1 Å². The third kappa shape index (κ3) is 4.38. The van der Waals surface area contributed by atoms with Gasteiger partial charge in [-0.1, -0.05) is 41.6 Å². The first-order valence-corrected chi connectivity index (χ1v) is 11.8. The first-order valence-electron chi connectivity index (χ1n) is 10.9. The summed E-state index contributed by atoms with van der Waals surface area (Å²) in [5.74, 6) is -0.193. The molecule has 0 unspecified atom stereocenters. The number of aryl methyl sites for hydroxylation is 3. The molecule has 2 aromatic carbocycles. The zero-order valence-electron chi connectivity index (χ0n) is 19.0. The molecule has 5 aromatic rings. The Morgan fingerprint density at radius 2 is 1.89 bits per heavy atom. The van der Waals surface area contributed by atoms with Crippen molar-refractivity contribution < 1.29 is 14.0 Å². The molecule has 9 heteroatoms. The highest BCUT2D eigenvalue weighted by Gasteiger charge is 2.22. The number of hydrogen-bond donors (Lipinski definition) is 1. The maximum Gasteiger partial charge on any atom is 0.262 e. The van der Waals surface area contributed by atoms with Gasteiger partial charge in [0.15, 0.2) is 11.6 Å². The first kappa shape index (κ1) is 22.7. The Morgan fingerprint density at radius 3 is 2.63 bits per heavy atom. The Balaban J connectivity index is 1.65. The van der Waals surface area contributed by atoms with E-state index in [0.717, 1.165) is 11.1 Å². The largest absolute Gasteiger partial charge is 0.504 e. The minimum atomic E-state index is -0.772. The van der Waals surface area contributed by atoms with Crippen molar-refractivity contribution in [2.24, 2.45) is 0 Å². The van der Waals surface area contributed by atoms with Crippen molar-refractivity contribution in [1.29, 1.82) is 0 Å². The van der Waals surface area contributed by atoms with E-state index < -0.39 is 11.6 Å². The van der Waals surface area contributed by atoms with Gasteiger partial charge in [-0.15, -0.1) is 11.3 Å². The van der Waals surface area contributed by atoms with Crippen LogP contribution >= 0.6 is 11.3 Å². The van der Waals surface area contributed by atoms with Gasteiger partial charge in [-0.2, -0.15) is 4.98 Å². The summed E-state index contributed by atoms with van der Waals surface area (Å²) in [6.07, 6.45) is 0.561. The number of nitrogens with zero attached hydrogens (tertiary/aromatic N) is 4. The maximum absolute atomic E-state index is 14.2. The lowest BCUT2D eigenvalue weighted by Crippen LogP contribution is -2.27. The van der Waals surface area contributed by atoms with Gasteiger partial charge >= 0.3 is 0 Å². The molecule has 5 rings (SSSR count). The number of phenols is 1. The van der Waals surface area contributed by atoms with Crippen LogP contribution in [0, 0.1) is 19.7 Å². The van der Waals surface area contributed by atoms with Gasteiger partial charge in [0, 0.05) is 29.3 Å². The lowest BCUT2D eigenvalue weighted by atomic mass is 10.1. The van der Waals surface area contributed by atoms with E-state index in [1.165, 1.54) is 28.0 Å². The van der Waals surface area contributed by atoms with Gasteiger partial charge in [0.2, 0.25) is 11.7 Å². The van der Waals surface area contributed by atoms with Gasteiger partial charge in [-0.05, 0) is 37.1 Å². The zero-order valence-corrected chi connectivity index (χ0v) is 19.8. The Morgan fingerprint density at radius 1 is 1.09 bits per heavy atom. The van der Waals surface area contributed by atoms with E-state index in [1.54, 1.807) is 19.9 Å². The highest BCUT2D eigenvalue weighted by molar-refractivity contribution is 7.14. The predicted molar refractivity (Wildman–Crippen MR) is 132 cm³/mol. The van der Waals surface area contributed by atoms with Crippen LogP contribution in [0.15, 0.2) is 69.3 Å². The molecule has 1 N–H and O–H groups in total. The lowest BCUT2D eigenvalue weighted by Gasteiger charge is -2.16. The van der Waals surface area contributed by atoms with Crippen molar-refractivity contribution in [3.8, 4) is 39.0 Å². The SMILES string of the molecule is Cc1nc(-c2csc(-c3c(C)nc(-c4cccc(F)c4O)n(CCc4ccccc4)c3=O)c2)no1. The van der Waals surface area contributed by atoms with Crippen molar-refractivity contribution in [2.45, 2.75) is 26.8 Å². The second-order valence-corrected chi connectivity index (χ2v) is 8.97. The molecule has 3 heterocycles. The molecule has 0 bridgehead atoms. The van der Waals surface area contributed by atoms with Gasteiger partial charge in [-0.3, -0.25) is 9.36 Å². The molecule has 0 radical (unpaired) electrons. The third-order valence-electron chi connectivity index (χ3n) is 5.68. The number of hydrogen-bond acceptors (Lipinski definition) is 7. The van der Waals surface area contributed by atoms with Crippen molar-refractivity contribution in [3.63, 3.8) is 0 Å². The molecule has 0 aliphatic rings. The minimum Gasteiger partial charge on any atom is -0.504 e. The number of aromatic nitrogens is 4. The Kier molecular flexibility index (Phi) is 6.00. The van der Waals surface area contributed by atoms with Crippen LogP contribution in [0.3, 0.4) is 0 Å². The average Bonchev–Trinajstić information content (AvgIpc) is 3.50. The van der Waals surface area contributed by atoms with Crippen molar-refractivity contribution in [1.82, 2.24) is 19.7 Å². The number of aromatic hydroxyl groups is 1. The van der Waals surface area contributed by atoms with E-state index in [4.69, 9.17) is 4.52 Å². The van der Waals surface area contributed by atoms with Crippen LogP contribution in [-0.4, -0.2) is 24.8 Å². The quantitative estimate of drug-likeness (QED) is 0.344. The zero-order chi connectivity index (χ0) is 24.5. The molecule has 0 saturated heterocycles. The minimum absolute atomic E-state index is 0.166. The third-order valence-corrected chi connectivity index (χ3v) is 6.62. The van der Waals surface area contributed by atoms with Crippen LogP contribution in [0.2, 0.25) is 0 Å². The topological polar surface area (TPSA) is 94.0 Å². The van der Waals surface area contributed by atoms with E-state index >= 15 is 0 Å². The number of halogens is 1. The van der Waals surface area contributed by atoms with Crippen LogP contribution in [0.5, 0.6) is 5.75 Å². The van der Waals surface area contributed by atoms with Gasteiger partial charge in [0.1, 0.15) is 5.82 Å². The molecule has 0 aliphatic heterocycles. The van der Waals surface area contributed by atoms with E-state index in [0.29, 0.717) is 40.8 Å². The molecule has 0 saturated carbocycles. The first-order chi connectivity index (χ1) is 16.9. The fraction of sp³-hybridized carbons (Fsp3) is 0.154. The summed E-state index contributed by atoms with van der Waals surface area (Å²) in [5.41, 5.74) is 2.59. The summed E-state index contributed by atoms with van der Waals surface area (Å²) in [4.78, 5) is 23.5. The predicted octanol–water partition coefficient (Wildman–Crippen LogP) is 5.39. The van der Waals surface area contributed by atoms with Crippen LogP contribution in [0.4, 0.5) is 4.39 Å². The van der Waals surface area contributed by atoms with Crippen molar-refractivity contribution in [2.75, 3.05) is 0 Å². The highest BCUT2D eigenvalue weighted by Crippen LogP contribution is 2.34. The van der Waals surface area contributed by atoms with Crippen LogP contribution in [-0.2, 0) is 13.0 Å². The van der Waals surface area contributed by atoms with Gasteiger partial charge < -0.3 is 9.63 Å². The second kappa shape index (κ2) is 9.27.